The lowest BCUT2D eigenvalue weighted by Gasteiger charge is -2.54. The van der Waals surface area contributed by atoms with Crippen LogP contribution in [0, 0.1) is 23.7 Å². The molecule has 6 heteroatoms. The third-order valence-corrected chi connectivity index (χ3v) is 6.34. The Balaban J connectivity index is 1.68. The first kappa shape index (κ1) is 17.8. The van der Waals surface area contributed by atoms with Gasteiger partial charge in [-0.25, -0.2) is 0 Å². The number of esters is 1. The fourth-order valence-electron chi connectivity index (χ4n) is 5.18. The number of benzene rings is 1. The monoisotopic (exact) mass is 367 g/mol. The molecule has 2 fully saturated rings. The summed E-state index contributed by atoms with van der Waals surface area (Å²) in [4.78, 5) is 27.7. The Morgan fingerprint density at radius 2 is 1.96 bits per heavy atom. The van der Waals surface area contributed by atoms with Crippen molar-refractivity contribution in [3.63, 3.8) is 0 Å². The molecule has 1 amide bonds. The molecule has 0 unspecified atom stereocenters. The molecule has 1 saturated heterocycles. The first-order chi connectivity index (χ1) is 12.8. The Labute approximate surface area is 158 Å². The van der Waals surface area contributed by atoms with E-state index < -0.39 is 5.41 Å². The van der Waals surface area contributed by atoms with Crippen LogP contribution in [-0.4, -0.2) is 47.2 Å². The molecule has 27 heavy (non-hydrogen) atoms. The molecule has 1 saturated carbocycles. The van der Waals surface area contributed by atoms with Crippen LogP contribution in [0.1, 0.15) is 36.3 Å². The lowest BCUT2D eigenvalue weighted by atomic mass is 9.48. The molecular formula is C21H25N3O3. The zero-order valence-electron chi connectivity index (χ0n) is 16.2. The lowest BCUT2D eigenvalue weighted by Crippen LogP contribution is -2.57. The second-order valence-electron chi connectivity index (χ2n) is 8.49. The van der Waals surface area contributed by atoms with Crippen LogP contribution in [0.15, 0.2) is 30.3 Å². The van der Waals surface area contributed by atoms with Gasteiger partial charge in [-0.15, -0.1) is 0 Å². The SMILES string of the molecule is COC(=O)[C@@]12CN(C(=O)c3c(-c4ccccc4)n[nH]c3C)C[C@@H]1C(C)(C)C2. The van der Waals surface area contributed by atoms with Gasteiger partial charge in [0.1, 0.15) is 5.69 Å². The first-order valence-electron chi connectivity index (χ1n) is 9.28. The third-order valence-electron chi connectivity index (χ3n) is 6.34. The van der Waals surface area contributed by atoms with E-state index in [0.29, 0.717) is 24.3 Å². The number of rotatable bonds is 3. The van der Waals surface area contributed by atoms with Crippen molar-refractivity contribution in [1.29, 1.82) is 0 Å². The van der Waals surface area contributed by atoms with Crippen molar-refractivity contribution >= 4 is 11.9 Å². The van der Waals surface area contributed by atoms with E-state index in [2.05, 4.69) is 24.0 Å². The van der Waals surface area contributed by atoms with Crippen molar-refractivity contribution in [1.82, 2.24) is 15.1 Å². The van der Waals surface area contributed by atoms with Gasteiger partial charge in [-0.05, 0) is 24.7 Å². The van der Waals surface area contributed by atoms with E-state index in [-0.39, 0.29) is 23.2 Å². The van der Waals surface area contributed by atoms with Gasteiger partial charge < -0.3 is 9.64 Å². The number of aryl methyl sites for hydroxylation is 1. The summed E-state index contributed by atoms with van der Waals surface area (Å²) in [6.45, 7) is 7.15. The number of methoxy groups -OCH3 is 1. The van der Waals surface area contributed by atoms with Gasteiger partial charge in [0, 0.05) is 24.3 Å². The Morgan fingerprint density at radius 3 is 2.59 bits per heavy atom. The number of carbonyl (C=O) groups excluding carboxylic acids is 2. The number of hydrogen-bond donors (Lipinski definition) is 1. The van der Waals surface area contributed by atoms with E-state index in [0.717, 1.165) is 17.7 Å². The van der Waals surface area contributed by atoms with Crippen molar-refractivity contribution in [3.05, 3.63) is 41.6 Å². The summed E-state index contributed by atoms with van der Waals surface area (Å²) in [6, 6.07) is 9.68. The number of hydrogen-bond acceptors (Lipinski definition) is 4. The fraction of sp³-hybridized carbons (Fsp3) is 0.476. The number of H-pyrrole nitrogens is 1. The van der Waals surface area contributed by atoms with Crippen LogP contribution in [0.4, 0.5) is 0 Å². The molecule has 1 aromatic carbocycles. The van der Waals surface area contributed by atoms with Crippen LogP contribution in [0.5, 0.6) is 0 Å². The van der Waals surface area contributed by atoms with Gasteiger partial charge in [-0.1, -0.05) is 44.2 Å². The predicted molar refractivity (Wildman–Crippen MR) is 101 cm³/mol. The standard InChI is InChI=1S/C21H25N3O3/c1-13-16(17(23-22-13)14-8-6-5-7-9-14)18(25)24-10-15-20(2,3)11-21(15,12-24)19(26)27-4/h5-9,15H,10-12H2,1-4H3,(H,22,23)/t15-,21+/m1/s1. The average molecular weight is 367 g/mol. The molecule has 2 aliphatic rings. The Hall–Kier alpha value is -2.63. The molecule has 2 heterocycles. The highest BCUT2D eigenvalue weighted by Crippen LogP contribution is 2.63. The maximum atomic E-state index is 13.4. The second-order valence-corrected chi connectivity index (χ2v) is 8.49. The zero-order valence-corrected chi connectivity index (χ0v) is 16.2. The number of fused-ring (bicyclic) bond motifs is 1. The molecule has 0 bridgehead atoms. The number of amides is 1. The lowest BCUT2D eigenvalue weighted by molar-refractivity contribution is -0.174. The maximum Gasteiger partial charge on any atom is 0.314 e. The number of nitrogens with one attached hydrogen (secondary N) is 1. The highest BCUT2D eigenvalue weighted by Gasteiger charge is 2.68. The molecule has 6 nitrogen and oxygen atoms in total. The smallest absolute Gasteiger partial charge is 0.314 e. The van der Waals surface area contributed by atoms with Crippen molar-refractivity contribution in [2.24, 2.45) is 16.7 Å². The molecule has 1 aliphatic carbocycles. The molecular weight excluding hydrogens is 342 g/mol. The van der Waals surface area contributed by atoms with Crippen LogP contribution in [-0.2, 0) is 9.53 Å². The van der Waals surface area contributed by atoms with E-state index in [1.807, 2.05) is 37.3 Å². The minimum Gasteiger partial charge on any atom is -0.469 e. The van der Waals surface area contributed by atoms with Crippen molar-refractivity contribution in [2.75, 3.05) is 20.2 Å². The fourth-order valence-corrected chi connectivity index (χ4v) is 5.18. The van der Waals surface area contributed by atoms with Gasteiger partial charge in [0.25, 0.3) is 5.91 Å². The van der Waals surface area contributed by atoms with Crippen LogP contribution in [0.2, 0.25) is 0 Å². The molecule has 2 atom stereocenters. The number of aromatic nitrogens is 2. The van der Waals surface area contributed by atoms with E-state index in [9.17, 15) is 9.59 Å². The predicted octanol–water partition coefficient (Wildman–Crippen LogP) is 3.05. The molecule has 0 spiro atoms. The molecule has 4 rings (SSSR count). The zero-order chi connectivity index (χ0) is 19.4. The molecule has 1 aliphatic heterocycles. The van der Waals surface area contributed by atoms with E-state index in [1.165, 1.54) is 7.11 Å². The Bertz CT molecular complexity index is 903. The van der Waals surface area contributed by atoms with Crippen LogP contribution < -0.4 is 0 Å². The van der Waals surface area contributed by atoms with Crippen molar-refractivity contribution in [2.45, 2.75) is 27.2 Å². The summed E-state index contributed by atoms with van der Waals surface area (Å²) >= 11 is 0. The Morgan fingerprint density at radius 1 is 1.26 bits per heavy atom. The quantitative estimate of drug-likeness (QED) is 0.846. The third kappa shape index (κ3) is 2.50. The van der Waals surface area contributed by atoms with Gasteiger partial charge in [-0.3, -0.25) is 14.7 Å². The topological polar surface area (TPSA) is 75.3 Å². The van der Waals surface area contributed by atoms with Crippen LogP contribution in [0.25, 0.3) is 11.3 Å². The number of nitrogens with zero attached hydrogens (tertiary/aromatic N) is 2. The van der Waals surface area contributed by atoms with Crippen LogP contribution >= 0.6 is 0 Å². The van der Waals surface area contributed by atoms with Gasteiger partial charge >= 0.3 is 5.97 Å². The van der Waals surface area contributed by atoms with E-state index in [4.69, 9.17) is 4.74 Å². The molecule has 142 valence electrons. The summed E-state index contributed by atoms with van der Waals surface area (Å²) in [5, 5.41) is 7.31. The summed E-state index contributed by atoms with van der Waals surface area (Å²) in [6.07, 6.45) is 0.747. The number of carbonyl (C=O) groups is 2. The number of aromatic amines is 1. The van der Waals surface area contributed by atoms with Gasteiger partial charge in [-0.2, -0.15) is 5.10 Å². The normalized spacial score (nSPS) is 25.6. The summed E-state index contributed by atoms with van der Waals surface area (Å²) in [7, 11) is 1.43. The summed E-state index contributed by atoms with van der Waals surface area (Å²) < 4.78 is 5.09. The molecule has 1 N–H and O–H groups in total. The summed E-state index contributed by atoms with van der Waals surface area (Å²) in [5.74, 6) is -0.156. The highest BCUT2D eigenvalue weighted by atomic mass is 16.5. The van der Waals surface area contributed by atoms with Crippen molar-refractivity contribution in [3.8, 4) is 11.3 Å². The minimum absolute atomic E-state index is 0.0247. The maximum absolute atomic E-state index is 13.4. The Kier molecular flexibility index (Phi) is 3.91. The van der Waals surface area contributed by atoms with Gasteiger partial charge in [0.05, 0.1) is 18.1 Å². The minimum atomic E-state index is -0.571. The highest BCUT2D eigenvalue weighted by molar-refractivity contribution is 6.01. The van der Waals surface area contributed by atoms with E-state index in [1.54, 1.807) is 4.90 Å². The molecule has 1 aromatic heterocycles. The first-order valence-corrected chi connectivity index (χ1v) is 9.28. The largest absolute Gasteiger partial charge is 0.469 e. The van der Waals surface area contributed by atoms with Gasteiger partial charge in [0.2, 0.25) is 0 Å². The molecule has 0 radical (unpaired) electrons. The summed E-state index contributed by atoms with van der Waals surface area (Å²) in [5.41, 5.74) is 2.33. The van der Waals surface area contributed by atoms with E-state index >= 15 is 0 Å². The van der Waals surface area contributed by atoms with Gasteiger partial charge in [0.15, 0.2) is 0 Å². The second kappa shape index (κ2) is 5.94. The van der Waals surface area contributed by atoms with Crippen molar-refractivity contribution < 1.29 is 14.3 Å². The molecule has 2 aromatic rings. The number of ether oxygens (including phenoxy) is 1. The average Bonchev–Trinajstić information content (AvgIpc) is 3.20. The number of likely N-dealkylation sites (tertiary alicyclic amines) is 1. The van der Waals surface area contributed by atoms with Crippen LogP contribution in [0.3, 0.4) is 0 Å².